The molecule has 1 fully saturated rings. The quantitative estimate of drug-likeness (QED) is 0.826. The molecule has 1 aromatic rings. The van der Waals surface area contributed by atoms with Crippen LogP contribution in [0.25, 0.3) is 0 Å². The second-order valence-corrected chi connectivity index (χ2v) is 7.28. The van der Waals surface area contributed by atoms with Crippen LogP contribution in [-0.2, 0) is 10.2 Å². The van der Waals surface area contributed by atoms with Crippen LogP contribution in [0.4, 0.5) is 0 Å². The Morgan fingerprint density at radius 3 is 2.50 bits per heavy atom. The molecular weight excluding hydrogens is 244 g/mol. The molecule has 0 spiro atoms. The first kappa shape index (κ1) is 13.8. The summed E-state index contributed by atoms with van der Waals surface area (Å²) in [5, 5.41) is 0. The topological polar surface area (TPSA) is 29.9 Å². The van der Waals surface area contributed by atoms with Crippen LogP contribution in [0.5, 0.6) is 0 Å². The minimum Gasteiger partial charge on any atom is -0.381 e. The van der Waals surface area contributed by atoms with Gasteiger partial charge in [0.2, 0.25) is 0 Å². The van der Waals surface area contributed by atoms with E-state index in [2.05, 4.69) is 50.4 Å². The predicted octanol–water partition coefficient (Wildman–Crippen LogP) is 3.83. The average molecular weight is 268 g/mol. The molecule has 0 aromatic carbocycles. The van der Waals surface area contributed by atoms with Crippen LogP contribution in [0.15, 0.2) is 6.20 Å². The maximum atomic E-state index is 5.54. The van der Waals surface area contributed by atoms with Crippen molar-refractivity contribution in [3.05, 3.63) is 16.7 Å². The lowest BCUT2D eigenvalue weighted by Crippen LogP contribution is -2.51. The van der Waals surface area contributed by atoms with Crippen LogP contribution in [0.1, 0.15) is 52.8 Å². The summed E-state index contributed by atoms with van der Waals surface area (Å²) in [5.74, 6) is 0. The number of H-pyrrole nitrogens is 1. The van der Waals surface area contributed by atoms with Crippen LogP contribution < -0.4 is 0 Å². The standard InChI is InChI=1S/C14H24N2OS/c1-13(2,3)10-8-15-12(18)16(10)9-7-11(17-6)14(9,4)5/h8-9,11H,7H2,1-6H3,(H,15,18). The zero-order valence-electron chi connectivity index (χ0n) is 12.2. The van der Waals surface area contributed by atoms with Gasteiger partial charge in [0.1, 0.15) is 0 Å². The van der Waals surface area contributed by atoms with E-state index in [9.17, 15) is 0 Å². The van der Waals surface area contributed by atoms with E-state index in [1.54, 1.807) is 7.11 Å². The molecule has 1 aliphatic rings. The van der Waals surface area contributed by atoms with Gasteiger partial charge in [-0.3, -0.25) is 0 Å². The SMILES string of the molecule is COC1CC(n2c(C(C)(C)C)c[nH]c2=S)C1(C)C. The summed E-state index contributed by atoms with van der Waals surface area (Å²) in [6.45, 7) is 11.2. The second-order valence-electron chi connectivity index (χ2n) is 6.90. The Labute approximate surface area is 115 Å². The van der Waals surface area contributed by atoms with Gasteiger partial charge in [0, 0.05) is 35.9 Å². The van der Waals surface area contributed by atoms with Crippen LogP contribution in [-0.4, -0.2) is 22.8 Å². The van der Waals surface area contributed by atoms with Crippen LogP contribution in [0, 0.1) is 10.2 Å². The van der Waals surface area contributed by atoms with Crippen molar-refractivity contribution in [2.24, 2.45) is 5.41 Å². The molecule has 0 saturated heterocycles. The van der Waals surface area contributed by atoms with E-state index in [1.807, 2.05) is 0 Å². The van der Waals surface area contributed by atoms with E-state index >= 15 is 0 Å². The zero-order valence-corrected chi connectivity index (χ0v) is 13.0. The molecular formula is C14H24N2OS. The largest absolute Gasteiger partial charge is 0.381 e. The third-order valence-corrected chi connectivity index (χ3v) is 4.62. The summed E-state index contributed by atoms with van der Waals surface area (Å²) in [6.07, 6.45) is 3.42. The van der Waals surface area contributed by atoms with Crippen molar-refractivity contribution < 1.29 is 4.74 Å². The Bertz CT molecular complexity index is 493. The van der Waals surface area contributed by atoms with Crippen molar-refractivity contribution in [2.45, 2.75) is 58.6 Å². The molecule has 1 saturated carbocycles. The highest BCUT2D eigenvalue weighted by Crippen LogP contribution is 2.52. The monoisotopic (exact) mass is 268 g/mol. The van der Waals surface area contributed by atoms with Crippen molar-refractivity contribution in [3.8, 4) is 0 Å². The molecule has 1 aromatic heterocycles. The van der Waals surface area contributed by atoms with Gasteiger partial charge in [-0.1, -0.05) is 34.6 Å². The number of hydrogen-bond donors (Lipinski definition) is 1. The summed E-state index contributed by atoms with van der Waals surface area (Å²) < 4.78 is 8.66. The minimum atomic E-state index is 0.0990. The minimum absolute atomic E-state index is 0.0990. The zero-order chi connectivity index (χ0) is 13.7. The fraction of sp³-hybridized carbons (Fsp3) is 0.786. The van der Waals surface area contributed by atoms with Crippen molar-refractivity contribution in [2.75, 3.05) is 7.11 Å². The Morgan fingerprint density at radius 1 is 1.44 bits per heavy atom. The molecule has 0 bridgehead atoms. The van der Waals surface area contributed by atoms with E-state index in [0.717, 1.165) is 11.2 Å². The lowest BCUT2D eigenvalue weighted by Gasteiger charge is -2.52. The molecule has 1 heterocycles. The molecule has 1 N–H and O–H groups in total. The average Bonchev–Trinajstić information content (AvgIpc) is 2.59. The fourth-order valence-electron chi connectivity index (χ4n) is 2.97. The number of ether oxygens (including phenoxy) is 1. The van der Waals surface area contributed by atoms with Gasteiger partial charge in [-0.25, -0.2) is 0 Å². The Hall–Kier alpha value is -0.610. The Kier molecular flexibility index (Phi) is 3.23. The first-order chi connectivity index (χ1) is 8.19. The maximum absolute atomic E-state index is 5.54. The van der Waals surface area contributed by atoms with E-state index < -0.39 is 0 Å². The summed E-state index contributed by atoms with van der Waals surface area (Å²) in [5.41, 5.74) is 1.51. The Balaban J connectivity index is 2.42. The molecule has 0 aliphatic heterocycles. The van der Waals surface area contributed by atoms with Crippen molar-refractivity contribution in [1.82, 2.24) is 9.55 Å². The molecule has 102 valence electrons. The number of nitrogens with one attached hydrogen (secondary N) is 1. The summed E-state index contributed by atoms with van der Waals surface area (Å²) in [6, 6.07) is 0.426. The Morgan fingerprint density at radius 2 is 2.06 bits per heavy atom. The van der Waals surface area contributed by atoms with Gasteiger partial charge >= 0.3 is 0 Å². The molecule has 2 atom stereocenters. The number of rotatable bonds is 2. The van der Waals surface area contributed by atoms with E-state index in [-0.39, 0.29) is 10.8 Å². The number of nitrogens with zero attached hydrogens (tertiary/aromatic N) is 1. The highest BCUT2D eigenvalue weighted by Gasteiger charge is 2.50. The molecule has 0 amide bonds. The van der Waals surface area contributed by atoms with E-state index in [1.165, 1.54) is 5.69 Å². The molecule has 3 nitrogen and oxygen atoms in total. The van der Waals surface area contributed by atoms with Crippen molar-refractivity contribution in [1.29, 1.82) is 0 Å². The molecule has 2 rings (SSSR count). The number of hydrogen-bond acceptors (Lipinski definition) is 2. The number of aromatic nitrogens is 2. The fourth-order valence-corrected chi connectivity index (χ4v) is 3.25. The summed E-state index contributed by atoms with van der Waals surface area (Å²) >= 11 is 5.46. The third-order valence-electron chi connectivity index (χ3n) is 4.30. The third kappa shape index (κ3) is 1.95. The predicted molar refractivity (Wildman–Crippen MR) is 76.5 cm³/mol. The first-order valence-electron chi connectivity index (χ1n) is 6.52. The van der Waals surface area contributed by atoms with Gasteiger partial charge in [-0.15, -0.1) is 0 Å². The highest BCUT2D eigenvalue weighted by atomic mass is 32.1. The smallest absolute Gasteiger partial charge is 0.177 e. The number of imidazole rings is 1. The maximum Gasteiger partial charge on any atom is 0.177 e. The number of aromatic amines is 1. The van der Waals surface area contributed by atoms with Gasteiger partial charge < -0.3 is 14.3 Å². The summed E-state index contributed by atoms with van der Waals surface area (Å²) in [7, 11) is 1.80. The van der Waals surface area contributed by atoms with E-state index in [0.29, 0.717) is 12.1 Å². The number of methoxy groups -OCH3 is 1. The van der Waals surface area contributed by atoms with Crippen LogP contribution >= 0.6 is 12.2 Å². The molecule has 4 heteroatoms. The van der Waals surface area contributed by atoms with E-state index in [4.69, 9.17) is 17.0 Å². The van der Waals surface area contributed by atoms with Gasteiger partial charge in [0.15, 0.2) is 4.77 Å². The molecule has 1 aliphatic carbocycles. The normalized spacial score (nSPS) is 27.0. The lowest BCUT2D eigenvalue weighted by molar-refractivity contribution is -0.114. The van der Waals surface area contributed by atoms with Gasteiger partial charge in [0.05, 0.1) is 6.10 Å². The van der Waals surface area contributed by atoms with Crippen molar-refractivity contribution >= 4 is 12.2 Å². The first-order valence-corrected chi connectivity index (χ1v) is 6.93. The lowest BCUT2D eigenvalue weighted by atomic mass is 9.64. The molecule has 0 radical (unpaired) electrons. The van der Waals surface area contributed by atoms with Crippen LogP contribution in [0.3, 0.4) is 0 Å². The summed E-state index contributed by atoms with van der Waals surface area (Å²) in [4.78, 5) is 3.20. The van der Waals surface area contributed by atoms with Crippen LogP contribution in [0.2, 0.25) is 0 Å². The van der Waals surface area contributed by atoms with Gasteiger partial charge in [0.25, 0.3) is 0 Å². The molecule has 2 unspecified atom stereocenters. The van der Waals surface area contributed by atoms with Gasteiger partial charge in [-0.05, 0) is 18.6 Å². The van der Waals surface area contributed by atoms with Gasteiger partial charge in [-0.2, -0.15) is 0 Å². The highest BCUT2D eigenvalue weighted by molar-refractivity contribution is 7.71. The molecule has 18 heavy (non-hydrogen) atoms. The second kappa shape index (κ2) is 4.20. The van der Waals surface area contributed by atoms with Crippen molar-refractivity contribution in [3.63, 3.8) is 0 Å².